The van der Waals surface area contributed by atoms with Crippen LogP contribution in [0.3, 0.4) is 0 Å². The fourth-order valence-corrected chi connectivity index (χ4v) is 4.95. The predicted molar refractivity (Wildman–Crippen MR) is 157 cm³/mol. The van der Waals surface area contributed by atoms with Gasteiger partial charge in [-0.15, -0.1) is 11.3 Å². The number of H-pyrrole nitrogens is 1. The van der Waals surface area contributed by atoms with Crippen LogP contribution in [0.1, 0.15) is 39.8 Å². The van der Waals surface area contributed by atoms with Crippen molar-refractivity contribution in [3.63, 3.8) is 0 Å². The van der Waals surface area contributed by atoms with Crippen LogP contribution < -0.4 is 21.7 Å². The number of aromatic nitrogens is 2. The molecule has 11 nitrogen and oxygen atoms in total. The maximum Gasteiger partial charge on any atom is 0.243 e. The Morgan fingerprint density at radius 3 is 2.41 bits per heavy atom. The lowest BCUT2D eigenvalue weighted by molar-refractivity contribution is -0.130. The number of rotatable bonds is 13. The highest BCUT2D eigenvalue weighted by molar-refractivity contribution is 7.11. The molecule has 212 valence electrons. The van der Waals surface area contributed by atoms with E-state index in [1.807, 2.05) is 30.5 Å². The summed E-state index contributed by atoms with van der Waals surface area (Å²) in [7, 11) is 0. The minimum Gasteiger partial charge on any atom is -0.384 e. The van der Waals surface area contributed by atoms with E-state index in [1.54, 1.807) is 36.6 Å². The van der Waals surface area contributed by atoms with Crippen molar-refractivity contribution in [2.45, 2.75) is 38.3 Å². The number of nitrogen functional groups attached to an aromatic ring is 1. The number of amidine groups is 1. The van der Waals surface area contributed by atoms with Gasteiger partial charge in [0, 0.05) is 53.5 Å². The minimum atomic E-state index is -0.933. The Morgan fingerprint density at radius 1 is 1.00 bits per heavy atom. The molecule has 0 aliphatic carbocycles. The highest BCUT2D eigenvalue weighted by Gasteiger charge is 2.27. The van der Waals surface area contributed by atoms with Gasteiger partial charge in [0.1, 0.15) is 11.9 Å². The summed E-state index contributed by atoms with van der Waals surface area (Å²) in [6.07, 6.45) is 3.92. The topological polar surface area (TPSA) is 183 Å². The standard InChI is InChI=1S/C29H31N7O4S/c1-2-24(37)36-23(13-17-7-9-18(10-8-17)27(30)31)28(40)34-16-25(38)35-22(26(39)29-32-11-12-41-29)14-19-15-33-21-6-4-3-5-20(19)21/h3-12,15,22-23,33H,2,13-14,16H2,1H3,(H3,30,31)(H,34,40)(H,35,38)(H,36,37). The highest BCUT2D eigenvalue weighted by Crippen LogP contribution is 2.20. The van der Waals surface area contributed by atoms with Gasteiger partial charge in [0.05, 0.1) is 12.6 Å². The van der Waals surface area contributed by atoms with Crippen molar-refractivity contribution < 1.29 is 19.2 Å². The van der Waals surface area contributed by atoms with Crippen molar-refractivity contribution in [2.24, 2.45) is 5.73 Å². The molecule has 3 amide bonds. The van der Waals surface area contributed by atoms with Gasteiger partial charge in [0.25, 0.3) is 0 Å². The van der Waals surface area contributed by atoms with Crippen molar-refractivity contribution in [2.75, 3.05) is 6.54 Å². The first-order valence-corrected chi connectivity index (χ1v) is 13.9. The third kappa shape index (κ3) is 7.63. The SMILES string of the molecule is CCC(=O)NC(Cc1ccc(C(=N)N)cc1)C(=O)NCC(=O)NC(Cc1c[nH]c2ccccc12)C(=O)c1nccs1. The van der Waals surface area contributed by atoms with Gasteiger partial charge >= 0.3 is 0 Å². The van der Waals surface area contributed by atoms with Crippen LogP contribution in [0.5, 0.6) is 0 Å². The molecule has 12 heteroatoms. The second kappa shape index (κ2) is 13.5. The monoisotopic (exact) mass is 573 g/mol. The summed E-state index contributed by atoms with van der Waals surface area (Å²) in [6.45, 7) is 1.28. The number of hydrogen-bond donors (Lipinski definition) is 6. The molecule has 2 atom stereocenters. The number of carbonyl (C=O) groups is 4. The Kier molecular flexibility index (Phi) is 9.59. The summed E-state index contributed by atoms with van der Waals surface area (Å²) in [5, 5.41) is 18.5. The maximum atomic E-state index is 13.2. The van der Waals surface area contributed by atoms with Gasteiger partial charge in [0.15, 0.2) is 5.01 Å². The molecule has 7 N–H and O–H groups in total. The molecule has 0 aliphatic rings. The first-order valence-electron chi connectivity index (χ1n) is 13.0. The first-order chi connectivity index (χ1) is 19.7. The molecule has 41 heavy (non-hydrogen) atoms. The van der Waals surface area contributed by atoms with E-state index in [9.17, 15) is 19.2 Å². The molecule has 0 saturated carbocycles. The number of amides is 3. The summed E-state index contributed by atoms with van der Waals surface area (Å²) in [5.41, 5.74) is 8.56. The number of benzene rings is 2. The zero-order valence-electron chi connectivity index (χ0n) is 22.4. The van der Waals surface area contributed by atoms with E-state index in [1.165, 1.54) is 17.5 Å². The van der Waals surface area contributed by atoms with Crippen molar-refractivity contribution in [3.8, 4) is 0 Å². The second-order valence-corrected chi connectivity index (χ2v) is 10.3. The second-order valence-electron chi connectivity index (χ2n) is 9.39. The Bertz CT molecular complexity index is 1550. The summed E-state index contributed by atoms with van der Waals surface area (Å²) >= 11 is 1.19. The van der Waals surface area contributed by atoms with Crippen LogP contribution in [-0.2, 0) is 27.2 Å². The van der Waals surface area contributed by atoms with Gasteiger partial charge < -0.3 is 26.7 Å². The van der Waals surface area contributed by atoms with Crippen molar-refractivity contribution >= 4 is 51.6 Å². The number of nitrogens with one attached hydrogen (secondary N) is 5. The fraction of sp³-hybridized carbons (Fsp3) is 0.241. The molecule has 2 unspecified atom stereocenters. The largest absolute Gasteiger partial charge is 0.384 e. The number of ketones is 1. The molecule has 0 saturated heterocycles. The summed E-state index contributed by atoms with van der Waals surface area (Å²) in [4.78, 5) is 58.6. The van der Waals surface area contributed by atoms with Gasteiger partial charge in [0.2, 0.25) is 23.5 Å². The summed E-state index contributed by atoms with van der Waals surface area (Å²) < 4.78 is 0. The van der Waals surface area contributed by atoms with Crippen molar-refractivity contribution in [1.82, 2.24) is 25.9 Å². The van der Waals surface area contributed by atoms with E-state index < -0.39 is 30.4 Å². The lowest BCUT2D eigenvalue weighted by atomic mass is 10.0. The number of thiazole rings is 1. The van der Waals surface area contributed by atoms with Crippen LogP contribution in [0.4, 0.5) is 0 Å². The van der Waals surface area contributed by atoms with Crippen molar-refractivity contribution in [1.29, 1.82) is 5.41 Å². The van der Waals surface area contributed by atoms with Crippen LogP contribution in [0.15, 0.2) is 66.3 Å². The average Bonchev–Trinajstić information content (AvgIpc) is 3.66. The van der Waals surface area contributed by atoms with Crippen LogP contribution >= 0.6 is 11.3 Å². The Labute approximate surface area is 240 Å². The molecule has 0 spiro atoms. The zero-order valence-corrected chi connectivity index (χ0v) is 23.2. The first kappa shape index (κ1) is 29.2. The molecule has 4 rings (SSSR count). The predicted octanol–water partition coefficient (Wildman–Crippen LogP) is 2.07. The number of hydrogen-bond acceptors (Lipinski definition) is 7. The van der Waals surface area contributed by atoms with E-state index >= 15 is 0 Å². The number of para-hydroxylation sites is 1. The van der Waals surface area contributed by atoms with E-state index in [-0.39, 0.29) is 41.8 Å². The summed E-state index contributed by atoms with van der Waals surface area (Å²) in [6, 6.07) is 12.6. The average molecular weight is 574 g/mol. The van der Waals surface area contributed by atoms with Gasteiger partial charge in [-0.1, -0.05) is 49.4 Å². The molecule has 0 bridgehead atoms. The van der Waals surface area contributed by atoms with Crippen LogP contribution in [0, 0.1) is 5.41 Å². The lowest BCUT2D eigenvalue weighted by Crippen LogP contribution is -2.51. The molecule has 0 fully saturated rings. The zero-order chi connectivity index (χ0) is 29.4. The minimum absolute atomic E-state index is 0.0764. The van der Waals surface area contributed by atoms with Crippen LogP contribution in [-0.4, -0.2) is 57.9 Å². The van der Waals surface area contributed by atoms with E-state index in [4.69, 9.17) is 11.1 Å². The van der Waals surface area contributed by atoms with E-state index in [0.29, 0.717) is 5.56 Å². The lowest BCUT2D eigenvalue weighted by Gasteiger charge is -2.20. The maximum absolute atomic E-state index is 13.2. The molecule has 4 aromatic rings. The number of nitrogens with two attached hydrogens (primary N) is 1. The summed E-state index contributed by atoms with van der Waals surface area (Å²) in [5.74, 6) is -1.82. The quantitative estimate of drug-likeness (QED) is 0.0808. The highest BCUT2D eigenvalue weighted by atomic mass is 32.1. The fourth-order valence-electron chi connectivity index (χ4n) is 4.32. The number of aromatic amines is 1. The van der Waals surface area contributed by atoms with Gasteiger partial charge in [-0.3, -0.25) is 24.6 Å². The molecule has 2 aromatic carbocycles. The van der Waals surface area contributed by atoms with Gasteiger partial charge in [-0.2, -0.15) is 0 Å². The molecule has 2 aromatic heterocycles. The number of carbonyl (C=O) groups excluding carboxylic acids is 4. The Morgan fingerprint density at radius 2 is 1.73 bits per heavy atom. The number of nitrogens with zero attached hydrogens (tertiary/aromatic N) is 1. The van der Waals surface area contributed by atoms with Crippen molar-refractivity contribution in [3.05, 3.63) is 88.0 Å². The molecular formula is C29H31N7O4S. The van der Waals surface area contributed by atoms with Crippen LogP contribution in [0.25, 0.3) is 10.9 Å². The molecule has 0 radical (unpaired) electrons. The van der Waals surface area contributed by atoms with E-state index in [2.05, 4.69) is 25.9 Å². The molecule has 0 aliphatic heterocycles. The number of fused-ring (bicyclic) bond motifs is 1. The Hall–Kier alpha value is -4.84. The van der Waals surface area contributed by atoms with E-state index in [0.717, 1.165) is 22.0 Å². The smallest absolute Gasteiger partial charge is 0.243 e. The van der Waals surface area contributed by atoms with Gasteiger partial charge in [-0.05, 0) is 17.2 Å². The van der Waals surface area contributed by atoms with Gasteiger partial charge in [-0.25, -0.2) is 4.98 Å². The molecule has 2 heterocycles. The van der Waals surface area contributed by atoms with Crippen LogP contribution in [0.2, 0.25) is 0 Å². The normalized spacial score (nSPS) is 12.3. The third-order valence-electron chi connectivity index (χ3n) is 6.49. The molecular weight excluding hydrogens is 542 g/mol. The third-order valence-corrected chi connectivity index (χ3v) is 7.28. The number of Topliss-reactive ketones (excluding diaryl/α,β-unsaturated/α-hetero) is 1. The Balaban J connectivity index is 1.43.